The normalized spacial score (nSPS) is 18.3. The summed E-state index contributed by atoms with van der Waals surface area (Å²) in [7, 11) is 0. The van der Waals surface area contributed by atoms with Gasteiger partial charge in [0.2, 0.25) is 11.8 Å². The van der Waals surface area contributed by atoms with Gasteiger partial charge in [-0.05, 0) is 29.8 Å². The van der Waals surface area contributed by atoms with Crippen LogP contribution in [0.25, 0.3) is 5.69 Å². The summed E-state index contributed by atoms with van der Waals surface area (Å²) in [6.45, 7) is 8.20. The average molecular weight is 574 g/mol. The summed E-state index contributed by atoms with van der Waals surface area (Å²) in [5, 5.41) is 6.01. The minimum Gasteiger partial charge on any atom is -0.378 e. The van der Waals surface area contributed by atoms with Crippen molar-refractivity contribution in [2.45, 2.75) is 31.4 Å². The molecule has 0 radical (unpaired) electrons. The lowest BCUT2D eigenvalue weighted by atomic mass is 9.87. The molecule has 2 aromatic carbocycles. The number of morpholine rings is 1. The van der Waals surface area contributed by atoms with Crippen molar-refractivity contribution in [3.63, 3.8) is 0 Å². The van der Waals surface area contributed by atoms with Crippen LogP contribution in [-0.2, 0) is 19.7 Å². The Morgan fingerprint density at radius 3 is 2.53 bits per heavy atom. The van der Waals surface area contributed by atoms with Gasteiger partial charge in [-0.1, -0.05) is 68.2 Å². The number of anilines is 1. The Morgan fingerprint density at radius 2 is 1.84 bits per heavy atom. The topological polar surface area (TPSA) is 67.7 Å². The van der Waals surface area contributed by atoms with Crippen molar-refractivity contribution in [2.75, 3.05) is 43.5 Å². The zero-order valence-electron chi connectivity index (χ0n) is 21.6. The van der Waals surface area contributed by atoms with E-state index in [0.717, 1.165) is 16.8 Å². The molecule has 1 aromatic heterocycles. The molecule has 2 amide bonds. The zero-order chi connectivity index (χ0) is 27.0. The molecule has 2 aliphatic heterocycles. The molecule has 0 saturated carbocycles. The Morgan fingerprint density at radius 1 is 1.11 bits per heavy atom. The van der Waals surface area contributed by atoms with E-state index in [1.54, 1.807) is 20.5 Å². The monoisotopic (exact) mass is 572 g/mol. The van der Waals surface area contributed by atoms with Crippen LogP contribution in [0, 0.1) is 0 Å². The van der Waals surface area contributed by atoms with Crippen LogP contribution in [0.15, 0.2) is 48.5 Å². The molecule has 1 saturated heterocycles. The van der Waals surface area contributed by atoms with E-state index in [1.807, 2.05) is 42.5 Å². The van der Waals surface area contributed by atoms with Crippen LogP contribution in [0.3, 0.4) is 0 Å². The number of ether oxygens (including phenoxy) is 1. The van der Waals surface area contributed by atoms with E-state index in [1.165, 1.54) is 11.8 Å². The van der Waals surface area contributed by atoms with Crippen LogP contribution in [0.4, 0.5) is 5.82 Å². The van der Waals surface area contributed by atoms with Crippen LogP contribution < -0.4 is 4.90 Å². The number of halogens is 2. The highest BCUT2D eigenvalue weighted by molar-refractivity contribution is 8.00. The summed E-state index contributed by atoms with van der Waals surface area (Å²) in [5.74, 6) is 0.500. The quantitative estimate of drug-likeness (QED) is 0.412. The number of rotatable bonds is 4. The molecule has 1 fully saturated rings. The molecule has 2 aliphatic rings. The second kappa shape index (κ2) is 10.9. The molecule has 0 aliphatic carbocycles. The number of fused-ring (bicyclic) bond motifs is 1. The number of aromatic nitrogens is 2. The number of carbonyl (C=O) groups is 2. The van der Waals surface area contributed by atoms with Gasteiger partial charge >= 0.3 is 0 Å². The van der Waals surface area contributed by atoms with Crippen LogP contribution in [0.5, 0.6) is 0 Å². The Hall–Kier alpha value is -2.52. The molecule has 10 heteroatoms. The Balaban J connectivity index is 1.74. The van der Waals surface area contributed by atoms with E-state index in [9.17, 15) is 9.59 Å². The molecule has 7 nitrogen and oxygen atoms in total. The summed E-state index contributed by atoms with van der Waals surface area (Å²) < 4.78 is 7.19. The summed E-state index contributed by atoms with van der Waals surface area (Å²) in [4.78, 5) is 30.6. The fourth-order valence-corrected chi connectivity index (χ4v) is 6.57. The molecule has 0 spiro atoms. The van der Waals surface area contributed by atoms with E-state index in [2.05, 4.69) is 20.8 Å². The molecule has 0 N–H and O–H groups in total. The minimum atomic E-state index is -0.360. The maximum atomic E-state index is 13.8. The van der Waals surface area contributed by atoms with E-state index in [4.69, 9.17) is 33.0 Å². The maximum Gasteiger partial charge on any atom is 0.242 e. The van der Waals surface area contributed by atoms with Crippen molar-refractivity contribution >= 4 is 52.6 Å². The van der Waals surface area contributed by atoms with Crippen molar-refractivity contribution in [3.8, 4) is 5.69 Å². The van der Waals surface area contributed by atoms with Crippen LogP contribution >= 0.6 is 35.0 Å². The first kappa shape index (κ1) is 27.1. The van der Waals surface area contributed by atoms with E-state index < -0.39 is 0 Å². The fraction of sp³-hybridized carbons (Fsp3) is 0.393. The SMILES string of the molecule is CC(C)(C)c1nn(-c2cccc(Cl)c2)c2c1C(c1ccccc1Cl)SCC(=O)N2CC(=O)N1CCOCC1. The van der Waals surface area contributed by atoms with Gasteiger partial charge in [-0.2, -0.15) is 5.10 Å². The lowest BCUT2D eigenvalue weighted by molar-refractivity contribution is -0.134. The van der Waals surface area contributed by atoms with Crippen molar-refractivity contribution in [1.82, 2.24) is 14.7 Å². The van der Waals surface area contributed by atoms with E-state index in [0.29, 0.717) is 47.9 Å². The van der Waals surface area contributed by atoms with Crippen LogP contribution in [0.1, 0.15) is 42.8 Å². The molecule has 3 aromatic rings. The highest BCUT2D eigenvalue weighted by Gasteiger charge is 2.40. The van der Waals surface area contributed by atoms with Gasteiger partial charge < -0.3 is 9.64 Å². The third-order valence-electron chi connectivity index (χ3n) is 6.70. The predicted molar refractivity (Wildman–Crippen MR) is 153 cm³/mol. The fourth-order valence-electron chi connectivity index (χ4n) is 4.84. The molecular formula is C28H30Cl2N4O3S. The second-order valence-corrected chi connectivity index (χ2v) is 12.4. The first-order valence-electron chi connectivity index (χ1n) is 12.6. The Kier molecular flexibility index (Phi) is 7.78. The Bertz CT molecular complexity index is 1360. The van der Waals surface area contributed by atoms with Gasteiger partial charge in [-0.15, -0.1) is 11.8 Å². The summed E-state index contributed by atoms with van der Waals surface area (Å²) in [5.41, 5.74) is 2.98. The maximum absolute atomic E-state index is 13.8. The highest BCUT2D eigenvalue weighted by Crippen LogP contribution is 2.49. The van der Waals surface area contributed by atoms with Gasteiger partial charge in [0, 0.05) is 34.1 Å². The first-order valence-corrected chi connectivity index (χ1v) is 14.4. The van der Waals surface area contributed by atoms with Gasteiger partial charge in [0.15, 0.2) is 0 Å². The second-order valence-electron chi connectivity index (χ2n) is 10.4. The van der Waals surface area contributed by atoms with Gasteiger partial charge in [-0.25, -0.2) is 4.68 Å². The van der Waals surface area contributed by atoms with Crippen molar-refractivity contribution in [3.05, 3.63) is 75.4 Å². The minimum absolute atomic E-state index is 0.0858. The number of hydrogen-bond donors (Lipinski definition) is 0. The summed E-state index contributed by atoms with van der Waals surface area (Å²) >= 11 is 14.6. The largest absolute Gasteiger partial charge is 0.378 e. The third-order valence-corrected chi connectivity index (χ3v) is 8.51. The Labute approximate surface area is 237 Å². The van der Waals surface area contributed by atoms with Crippen molar-refractivity contribution < 1.29 is 14.3 Å². The number of amides is 2. The number of benzene rings is 2. The highest BCUT2D eigenvalue weighted by atomic mass is 35.5. The standard InChI is InChI=1S/C28H30Cl2N4O3S/c1-28(2,3)26-24-25(20-9-4-5-10-21(20)30)38-17-23(36)33(16-22(35)32-11-13-37-14-12-32)27(24)34(31-26)19-8-6-7-18(29)15-19/h4-10,15,25H,11-14,16-17H2,1-3H3. The number of carbonyl (C=O) groups excluding carboxylic acids is 2. The lowest BCUT2D eigenvalue weighted by Gasteiger charge is -2.30. The van der Waals surface area contributed by atoms with Gasteiger partial charge in [0.25, 0.3) is 0 Å². The van der Waals surface area contributed by atoms with E-state index >= 15 is 0 Å². The zero-order valence-corrected chi connectivity index (χ0v) is 23.9. The molecule has 3 heterocycles. The first-order chi connectivity index (χ1) is 18.1. The van der Waals surface area contributed by atoms with Gasteiger partial charge in [0.05, 0.1) is 35.6 Å². The smallest absolute Gasteiger partial charge is 0.242 e. The van der Waals surface area contributed by atoms with Gasteiger partial charge in [-0.3, -0.25) is 14.5 Å². The van der Waals surface area contributed by atoms with Gasteiger partial charge in [0.1, 0.15) is 12.4 Å². The average Bonchev–Trinajstić information content (AvgIpc) is 3.23. The molecule has 1 unspecified atom stereocenters. The molecular weight excluding hydrogens is 543 g/mol. The molecule has 38 heavy (non-hydrogen) atoms. The number of hydrogen-bond acceptors (Lipinski definition) is 5. The molecule has 1 atom stereocenters. The van der Waals surface area contributed by atoms with E-state index in [-0.39, 0.29) is 34.8 Å². The summed E-state index contributed by atoms with van der Waals surface area (Å²) in [6, 6.07) is 15.1. The molecule has 5 rings (SSSR count). The third kappa shape index (κ3) is 5.32. The summed E-state index contributed by atoms with van der Waals surface area (Å²) in [6.07, 6.45) is 0. The predicted octanol–water partition coefficient (Wildman–Crippen LogP) is 5.50. The number of nitrogens with zero attached hydrogens (tertiary/aromatic N) is 4. The van der Waals surface area contributed by atoms with Crippen molar-refractivity contribution in [1.29, 1.82) is 0 Å². The van der Waals surface area contributed by atoms with Crippen LogP contribution in [-0.4, -0.2) is 65.1 Å². The van der Waals surface area contributed by atoms with Crippen LogP contribution in [0.2, 0.25) is 10.0 Å². The number of thioether (sulfide) groups is 1. The lowest BCUT2D eigenvalue weighted by Crippen LogP contribution is -2.48. The van der Waals surface area contributed by atoms with Crippen molar-refractivity contribution in [2.24, 2.45) is 0 Å². The molecule has 200 valence electrons. The molecule has 0 bridgehead atoms.